The molecule has 0 aliphatic carbocycles. The number of aromatic nitrogens is 2. The molecule has 4 heteroatoms. The van der Waals surface area contributed by atoms with Gasteiger partial charge in [-0.05, 0) is 25.3 Å². The Hall–Kier alpha value is -0.870. The van der Waals surface area contributed by atoms with Crippen LogP contribution in [0, 0.1) is 5.92 Å². The van der Waals surface area contributed by atoms with E-state index in [-0.39, 0.29) is 5.54 Å². The number of aryl methyl sites for hydroxylation is 1. The van der Waals surface area contributed by atoms with Crippen LogP contribution in [-0.4, -0.2) is 45.9 Å². The quantitative estimate of drug-likeness (QED) is 0.874. The second-order valence-electron chi connectivity index (χ2n) is 6.91. The van der Waals surface area contributed by atoms with Crippen LogP contribution >= 0.6 is 0 Å². The van der Waals surface area contributed by atoms with Crippen molar-refractivity contribution in [3.63, 3.8) is 0 Å². The van der Waals surface area contributed by atoms with Gasteiger partial charge in [0.05, 0.1) is 0 Å². The van der Waals surface area contributed by atoms with Gasteiger partial charge in [-0.3, -0.25) is 9.58 Å². The van der Waals surface area contributed by atoms with Crippen molar-refractivity contribution in [1.82, 2.24) is 20.0 Å². The van der Waals surface area contributed by atoms with Gasteiger partial charge < -0.3 is 5.32 Å². The molecular formula is C17H32N4. The maximum absolute atomic E-state index is 4.28. The summed E-state index contributed by atoms with van der Waals surface area (Å²) in [5.41, 5.74) is 1.59. The number of hydrogen-bond acceptors (Lipinski definition) is 3. The van der Waals surface area contributed by atoms with Crippen molar-refractivity contribution in [3.05, 3.63) is 18.0 Å². The van der Waals surface area contributed by atoms with Crippen molar-refractivity contribution in [2.24, 2.45) is 13.0 Å². The first-order valence-corrected chi connectivity index (χ1v) is 8.45. The SMILES string of the molecule is CCC(C)C1CNC(C)(CC)CN1CCc1ccnn1C. The maximum Gasteiger partial charge on any atom is 0.0492 e. The Kier molecular flexibility index (Phi) is 5.44. The fourth-order valence-corrected chi connectivity index (χ4v) is 3.32. The molecule has 1 N–H and O–H groups in total. The van der Waals surface area contributed by atoms with E-state index in [4.69, 9.17) is 0 Å². The molecule has 1 aromatic rings. The first-order chi connectivity index (χ1) is 9.99. The zero-order chi connectivity index (χ0) is 15.5. The Morgan fingerprint density at radius 2 is 2.24 bits per heavy atom. The zero-order valence-corrected chi connectivity index (χ0v) is 14.4. The highest BCUT2D eigenvalue weighted by molar-refractivity contribution is 5.02. The molecule has 0 radical (unpaired) electrons. The molecule has 1 aliphatic rings. The van der Waals surface area contributed by atoms with Gasteiger partial charge in [0, 0.05) is 56.6 Å². The third-order valence-corrected chi connectivity index (χ3v) is 5.42. The van der Waals surface area contributed by atoms with Crippen LogP contribution in [0.2, 0.25) is 0 Å². The molecule has 2 rings (SSSR count). The van der Waals surface area contributed by atoms with Crippen LogP contribution in [0.25, 0.3) is 0 Å². The van der Waals surface area contributed by atoms with Crippen LogP contribution in [0.15, 0.2) is 12.3 Å². The summed E-state index contributed by atoms with van der Waals surface area (Å²) in [6.45, 7) is 12.7. The van der Waals surface area contributed by atoms with Gasteiger partial charge in [0.1, 0.15) is 0 Å². The van der Waals surface area contributed by atoms with Crippen molar-refractivity contribution >= 4 is 0 Å². The molecule has 1 fully saturated rings. The van der Waals surface area contributed by atoms with Gasteiger partial charge in [-0.1, -0.05) is 27.2 Å². The van der Waals surface area contributed by atoms with E-state index in [1.54, 1.807) is 0 Å². The van der Waals surface area contributed by atoms with Gasteiger partial charge in [-0.25, -0.2) is 0 Å². The number of rotatable bonds is 6. The first-order valence-electron chi connectivity index (χ1n) is 8.45. The Balaban J connectivity index is 2.04. The van der Waals surface area contributed by atoms with E-state index < -0.39 is 0 Å². The molecule has 0 spiro atoms. The summed E-state index contributed by atoms with van der Waals surface area (Å²) in [5, 5.41) is 8.07. The highest BCUT2D eigenvalue weighted by Gasteiger charge is 2.36. The van der Waals surface area contributed by atoms with E-state index in [9.17, 15) is 0 Å². The van der Waals surface area contributed by atoms with Crippen molar-refractivity contribution in [1.29, 1.82) is 0 Å². The normalized spacial score (nSPS) is 28.7. The number of piperazine rings is 1. The minimum Gasteiger partial charge on any atom is -0.309 e. The molecule has 21 heavy (non-hydrogen) atoms. The van der Waals surface area contributed by atoms with E-state index in [0.717, 1.165) is 32.0 Å². The zero-order valence-electron chi connectivity index (χ0n) is 14.4. The van der Waals surface area contributed by atoms with E-state index in [1.165, 1.54) is 18.5 Å². The van der Waals surface area contributed by atoms with Crippen molar-refractivity contribution < 1.29 is 0 Å². The third kappa shape index (κ3) is 3.86. The lowest BCUT2D eigenvalue weighted by Gasteiger charge is -2.48. The molecular weight excluding hydrogens is 260 g/mol. The first kappa shape index (κ1) is 16.5. The molecule has 2 heterocycles. The maximum atomic E-state index is 4.28. The van der Waals surface area contributed by atoms with E-state index in [0.29, 0.717) is 6.04 Å². The molecule has 1 aliphatic heterocycles. The standard InChI is InChI=1S/C17H32N4/c1-6-14(3)16-12-18-17(4,7-2)13-21(16)11-9-15-8-10-19-20(15)5/h8,10,14,16,18H,6-7,9,11-13H2,1-5H3. The van der Waals surface area contributed by atoms with Crippen LogP contribution in [0.4, 0.5) is 0 Å². The average Bonchev–Trinajstić information content (AvgIpc) is 2.90. The average molecular weight is 292 g/mol. The van der Waals surface area contributed by atoms with Gasteiger partial charge in [0.25, 0.3) is 0 Å². The van der Waals surface area contributed by atoms with E-state index in [1.807, 2.05) is 17.9 Å². The van der Waals surface area contributed by atoms with E-state index in [2.05, 4.69) is 49.1 Å². The minimum atomic E-state index is 0.260. The lowest BCUT2D eigenvalue weighted by molar-refractivity contribution is 0.0556. The lowest BCUT2D eigenvalue weighted by Crippen LogP contribution is -2.64. The Morgan fingerprint density at radius 1 is 1.48 bits per heavy atom. The Labute approximate surface area is 129 Å². The van der Waals surface area contributed by atoms with Gasteiger partial charge in [-0.15, -0.1) is 0 Å². The fraction of sp³-hybridized carbons (Fsp3) is 0.824. The summed E-state index contributed by atoms with van der Waals surface area (Å²) in [7, 11) is 2.04. The second-order valence-corrected chi connectivity index (χ2v) is 6.91. The topological polar surface area (TPSA) is 33.1 Å². The monoisotopic (exact) mass is 292 g/mol. The van der Waals surface area contributed by atoms with Crippen LogP contribution in [0.3, 0.4) is 0 Å². The molecule has 4 nitrogen and oxygen atoms in total. The highest BCUT2D eigenvalue weighted by Crippen LogP contribution is 2.24. The van der Waals surface area contributed by atoms with Gasteiger partial charge in [-0.2, -0.15) is 5.10 Å². The molecule has 3 unspecified atom stereocenters. The summed E-state index contributed by atoms with van der Waals surface area (Å²) in [5.74, 6) is 0.741. The van der Waals surface area contributed by atoms with Gasteiger partial charge in [0.2, 0.25) is 0 Å². The summed E-state index contributed by atoms with van der Waals surface area (Å²) in [4.78, 5) is 2.71. The van der Waals surface area contributed by atoms with Crippen molar-refractivity contribution in [3.8, 4) is 0 Å². The predicted molar refractivity (Wildman–Crippen MR) is 88.4 cm³/mol. The molecule has 0 aromatic carbocycles. The molecule has 3 atom stereocenters. The summed E-state index contributed by atoms with van der Waals surface area (Å²) in [6.07, 6.45) is 5.42. The van der Waals surface area contributed by atoms with E-state index >= 15 is 0 Å². The molecule has 0 saturated carbocycles. The van der Waals surface area contributed by atoms with Crippen molar-refractivity contribution in [2.75, 3.05) is 19.6 Å². The Morgan fingerprint density at radius 3 is 2.81 bits per heavy atom. The smallest absolute Gasteiger partial charge is 0.0492 e. The van der Waals surface area contributed by atoms with Gasteiger partial charge in [0.15, 0.2) is 0 Å². The molecule has 0 amide bonds. The summed E-state index contributed by atoms with van der Waals surface area (Å²) in [6, 6.07) is 2.79. The highest BCUT2D eigenvalue weighted by atomic mass is 15.3. The molecule has 1 saturated heterocycles. The van der Waals surface area contributed by atoms with Crippen LogP contribution < -0.4 is 5.32 Å². The van der Waals surface area contributed by atoms with Crippen molar-refractivity contribution in [2.45, 2.75) is 58.5 Å². The second kappa shape index (κ2) is 6.93. The largest absolute Gasteiger partial charge is 0.309 e. The molecule has 0 bridgehead atoms. The molecule has 120 valence electrons. The minimum absolute atomic E-state index is 0.260. The predicted octanol–water partition coefficient (Wildman–Crippen LogP) is 2.45. The Bertz CT molecular complexity index is 442. The number of nitrogens with one attached hydrogen (secondary N) is 1. The number of hydrogen-bond donors (Lipinski definition) is 1. The van der Waals surface area contributed by atoms with Crippen LogP contribution in [0.1, 0.15) is 46.2 Å². The van der Waals surface area contributed by atoms with Crippen LogP contribution in [-0.2, 0) is 13.5 Å². The summed E-state index contributed by atoms with van der Waals surface area (Å²) >= 11 is 0. The molecule has 1 aromatic heterocycles. The summed E-state index contributed by atoms with van der Waals surface area (Å²) < 4.78 is 2.00. The third-order valence-electron chi connectivity index (χ3n) is 5.42. The fourth-order valence-electron chi connectivity index (χ4n) is 3.32. The lowest BCUT2D eigenvalue weighted by atomic mass is 9.88. The van der Waals surface area contributed by atoms with Gasteiger partial charge >= 0.3 is 0 Å². The van der Waals surface area contributed by atoms with Crippen LogP contribution in [0.5, 0.6) is 0 Å². The number of nitrogens with zero attached hydrogens (tertiary/aromatic N) is 3.